The number of fused-ring (bicyclic) bond motifs is 1. The van der Waals surface area contributed by atoms with Crippen LogP contribution < -0.4 is 0 Å². The van der Waals surface area contributed by atoms with Crippen molar-refractivity contribution in [3.8, 4) is 0 Å². The van der Waals surface area contributed by atoms with E-state index in [0.717, 1.165) is 35.7 Å². The first kappa shape index (κ1) is 15.5. The molecule has 1 amide bonds. The van der Waals surface area contributed by atoms with Gasteiger partial charge in [-0.25, -0.2) is 0 Å². The molecule has 0 saturated heterocycles. The van der Waals surface area contributed by atoms with Crippen LogP contribution in [-0.4, -0.2) is 28.7 Å². The van der Waals surface area contributed by atoms with E-state index in [-0.39, 0.29) is 5.91 Å². The van der Waals surface area contributed by atoms with Gasteiger partial charge in [0.05, 0.1) is 5.56 Å². The molecule has 20 heavy (non-hydrogen) atoms. The maximum Gasteiger partial charge on any atom is 0.255 e. The molecule has 0 aliphatic carbocycles. The van der Waals surface area contributed by atoms with Crippen LogP contribution in [0.4, 0.5) is 0 Å². The standard InChI is InChI=1S/C16H20BrNOS/c1-3-12(4-2)18(10-9-17)16(19)14-11-20-15-8-6-5-7-13(14)15/h5-8,11-12H,3-4,9-10H2,1-2H3. The number of thiophene rings is 1. The van der Waals surface area contributed by atoms with Crippen LogP contribution in [0.1, 0.15) is 37.0 Å². The monoisotopic (exact) mass is 353 g/mol. The van der Waals surface area contributed by atoms with Gasteiger partial charge in [-0.2, -0.15) is 0 Å². The third-order valence-electron chi connectivity index (χ3n) is 3.68. The molecule has 0 atom stereocenters. The second kappa shape index (κ2) is 7.23. The van der Waals surface area contributed by atoms with Gasteiger partial charge in [-0.1, -0.05) is 48.0 Å². The Balaban J connectivity index is 2.36. The lowest BCUT2D eigenvalue weighted by Crippen LogP contribution is -2.40. The summed E-state index contributed by atoms with van der Waals surface area (Å²) in [6, 6.07) is 8.45. The van der Waals surface area contributed by atoms with Crippen molar-refractivity contribution in [2.75, 3.05) is 11.9 Å². The molecule has 0 aliphatic heterocycles. The molecule has 2 aromatic rings. The lowest BCUT2D eigenvalue weighted by molar-refractivity contribution is 0.0685. The molecule has 1 heterocycles. The second-order valence-corrected chi connectivity index (χ2v) is 6.51. The minimum atomic E-state index is 0.163. The first-order chi connectivity index (χ1) is 9.72. The number of alkyl halides is 1. The highest BCUT2D eigenvalue weighted by atomic mass is 79.9. The van der Waals surface area contributed by atoms with Gasteiger partial charge in [0.2, 0.25) is 0 Å². The van der Waals surface area contributed by atoms with Crippen LogP contribution in [0.5, 0.6) is 0 Å². The number of carbonyl (C=O) groups excluding carboxylic acids is 1. The lowest BCUT2D eigenvalue weighted by atomic mass is 10.1. The van der Waals surface area contributed by atoms with Crippen molar-refractivity contribution in [1.29, 1.82) is 0 Å². The zero-order valence-electron chi connectivity index (χ0n) is 11.9. The Morgan fingerprint density at radius 2 is 2.00 bits per heavy atom. The fourth-order valence-electron chi connectivity index (χ4n) is 2.57. The lowest BCUT2D eigenvalue weighted by Gasteiger charge is -2.30. The van der Waals surface area contributed by atoms with E-state index in [0.29, 0.717) is 6.04 Å². The first-order valence-electron chi connectivity index (χ1n) is 7.06. The van der Waals surface area contributed by atoms with E-state index in [1.165, 1.54) is 4.70 Å². The predicted molar refractivity (Wildman–Crippen MR) is 91.0 cm³/mol. The van der Waals surface area contributed by atoms with E-state index in [2.05, 4.69) is 35.8 Å². The van der Waals surface area contributed by atoms with Crippen LogP contribution >= 0.6 is 27.3 Å². The molecule has 0 unspecified atom stereocenters. The van der Waals surface area contributed by atoms with Crippen LogP contribution in [0.3, 0.4) is 0 Å². The molecule has 0 aliphatic rings. The summed E-state index contributed by atoms with van der Waals surface area (Å²) in [4.78, 5) is 14.9. The molecule has 0 saturated carbocycles. The third-order valence-corrected chi connectivity index (χ3v) is 5.00. The first-order valence-corrected chi connectivity index (χ1v) is 9.06. The molecule has 2 rings (SSSR count). The van der Waals surface area contributed by atoms with Gasteiger partial charge in [-0.05, 0) is 18.9 Å². The number of nitrogens with zero attached hydrogens (tertiary/aromatic N) is 1. The number of hydrogen-bond acceptors (Lipinski definition) is 2. The van der Waals surface area contributed by atoms with Crippen molar-refractivity contribution in [1.82, 2.24) is 4.90 Å². The summed E-state index contributed by atoms with van der Waals surface area (Å²) in [7, 11) is 0. The Morgan fingerprint density at radius 1 is 1.30 bits per heavy atom. The van der Waals surface area contributed by atoms with Gasteiger partial charge in [0, 0.05) is 33.4 Å². The number of halogens is 1. The van der Waals surface area contributed by atoms with Gasteiger partial charge in [0.15, 0.2) is 0 Å². The summed E-state index contributed by atoms with van der Waals surface area (Å²) in [6.07, 6.45) is 1.99. The average molecular weight is 354 g/mol. The van der Waals surface area contributed by atoms with Crippen LogP contribution in [-0.2, 0) is 0 Å². The molecule has 0 N–H and O–H groups in total. The van der Waals surface area contributed by atoms with Crippen molar-refractivity contribution in [3.63, 3.8) is 0 Å². The highest BCUT2D eigenvalue weighted by molar-refractivity contribution is 9.09. The Morgan fingerprint density at radius 3 is 2.65 bits per heavy atom. The van der Waals surface area contributed by atoms with Crippen molar-refractivity contribution < 1.29 is 4.79 Å². The second-order valence-electron chi connectivity index (χ2n) is 4.80. The van der Waals surface area contributed by atoms with Gasteiger partial charge >= 0.3 is 0 Å². The largest absolute Gasteiger partial charge is 0.335 e. The molecule has 0 bridgehead atoms. The van der Waals surface area contributed by atoms with Crippen molar-refractivity contribution >= 4 is 43.3 Å². The molecule has 2 nitrogen and oxygen atoms in total. The van der Waals surface area contributed by atoms with E-state index in [1.54, 1.807) is 11.3 Å². The van der Waals surface area contributed by atoms with Crippen molar-refractivity contribution in [2.45, 2.75) is 32.7 Å². The topological polar surface area (TPSA) is 20.3 Å². The SMILES string of the molecule is CCC(CC)N(CCBr)C(=O)c1csc2ccccc12. The zero-order valence-corrected chi connectivity index (χ0v) is 14.3. The summed E-state index contributed by atoms with van der Waals surface area (Å²) in [5.41, 5.74) is 0.846. The summed E-state index contributed by atoms with van der Waals surface area (Å²) in [6.45, 7) is 5.05. The fourth-order valence-corrected chi connectivity index (χ4v) is 3.89. The maximum absolute atomic E-state index is 12.9. The maximum atomic E-state index is 12.9. The molecule has 0 radical (unpaired) electrons. The molecule has 4 heteroatoms. The van der Waals surface area contributed by atoms with E-state index in [1.807, 2.05) is 28.5 Å². The summed E-state index contributed by atoms with van der Waals surface area (Å²) in [5, 5.41) is 3.89. The summed E-state index contributed by atoms with van der Waals surface area (Å²) < 4.78 is 1.18. The van der Waals surface area contributed by atoms with Crippen LogP contribution in [0.2, 0.25) is 0 Å². The van der Waals surface area contributed by atoms with E-state index in [4.69, 9.17) is 0 Å². The van der Waals surface area contributed by atoms with Crippen LogP contribution in [0.25, 0.3) is 10.1 Å². The number of amides is 1. The van der Waals surface area contributed by atoms with Crippen LogP contribution in [0, 0.1) is 0 Å². The Hall–Kier alpha value is -0.870. The number of carbonyl (C=O) groups is 1. The van der Waals surface area contributed by atoms with Gasteiger partial charge in [-0.3, -0.25) is 4.79 Å². The highest BCUT2D eigenvalue weighted by Crippen LogP contribution is 2.27. The molecule has 1 aromatic heterocycles. The van der Waals surface area contributed by atoms with E-state index in [9.17, 15) is 4.79 Å². The molecular weight excluding hydrogens is 334 g/mol. The minimum absolute atomic E-state index is 0.163. The molecule has 0 spiro atoms. The Bertz CT molecular complexity index is 577. The minimum Gasteiger partial charge on any atom is -0.335 e. The summed E-state index contributed by atoms with van der Waals surface area (Å²) in [5.74, 6) is 0.163. The number of benzene rings is 1. The van der Waals surface area contributed by atoms with E-state index >= 15 is 0 Å². The molecule has 1 aromatic carbocycles. The van der Waals surface area contributed by atoms with Gasteiger partial charge in [0.25, 0.3) is 5.91 Å². The Kier molecular flexibility index (Phi) is 5.61. The number of hydrogen-bond donors (Lipinski definition) is 0. The quantitative estimate of drug-likeness (QED) is 0.674. The van der Waals surface area contributed by atoms with Gasteiger partial charge in [0.1, 0.15) is 0 Å². The molecule has 0 fully saturated rings. The highest BCUT2D eigenvalue weighted by Gasteiger charge is 2.23. The molecular formula is C16H20BrNOS. The van der Waals surface area contributed by atoms with Gasteiger partial charge in [-0.15, -0.1) is 11.3 Å². The van der Waals surface area contributed by atoms with Gasteiger partial charge < -0.3 is 4.90 Å². The molecule has 108 valence electrons. The third kappa shape index (κ3) is 3.07. The normalized spacial score (nSPS) is 11.2. The zero-order chi connectivity index (χ0) is 14.5. The summed E-state index contributed by atoms with van der Waals surface area (Å²) >= 11 is 5.11. The smallest absolute Gasteiger partial charge is 0.255 e. The number of rotatable bonds is 6. The Labute approximate surface area is 132 Å². The van der Waals surface area contributed by atoms with Crippen molar-refractivity contribution in [2.24, 2.45) is 0 Å². The predicted octanol–water partition coefficient (Wildman–Crippen LogP) is 4.93. The van der Waals surface area contributed by atoms with E-state index < -0.39 is 0 Å². The van der Waals surface area contributed by atoms with Crippen LogP contribution in [0.15, 0.2) is 29.6 Å². The fraction of sp³-hybridized carbons (Fsp3) is 0.438. The van der Waals surface area contributed by atoms with Crippen molar-refractivity contribution in [3.05, 3.63) is 35.2 Å². The average Bonchev–Trinajstić information content (AvgIpc) is 2.91.